The van der Waals surface area contributed by atoms with E-state index in [0.29, 0.717) is 29.4 Å². The molecular weight excluding hydrogens is 558 g/mol. The number of aromatic nitrogens is 4. The van der Waals surface area contributed by atoms with Gasteiger partial charge >= 0.3 is 5.92 Å². The first kappa shape index (κ1) is 25.5. The molecule has 4 heterocycles. The number of nitrogens with zero attached hydrogens (tertiary/aromatic N) is 4. The maximum Gasteiger partial charge on any atom is 0.301 e. The summed E-state index contributed by atoms with van der Waals surface area (Å²) >= 11 is 12.3. The third-order valence-electron chi connectivity index (χ3n) is 6.71. The Morgan fingerprint density at radius 1 is 1.18 bits per heavy atom. The lowest BCUT2D eigenvalue weighted by Gasteiger charge is -2.25. The minimum Gasteiger partial charge on any atom is -0.480 e. The number of hydrogen-bond acceptors (Lipinski definition) is 8. The van der Waals surface area contributed by atoms with Gasteiger partial charge < -0.3 is 25.3 Å². The predicted octanol–water partition coefficient (Wildman–Crippen LogP) is 5.87. The van der Waals surface area contributed by atoms with Crippen molar-refractivity contribution in [3.63, 3.8) is 0 Å². The first-order valence-corrected chi connectivity index (χ1v) is 12.7. The van der Waals surface area contributed by atoms with E-state index in [2.05, 4.69) is 30.9 Å². The molecule has 0 saturated heterocycles. The number of aryl methyl sites for hydroxylation is 1. The standard InChI is InChI=1S/C25H20Cl2F3N7O2/c1-37-16-5-4-12(33-22-14(26)9-32-24(36-22)34-15-6-7-31-21(28)17(15)27)8-13(16)18-19(23(37)38)39-10-25(29,30)20(35-18)11-2-3-11/h4-9,11,20,35H,2-3,10H2,1H3,(H2,31,32,33,34,36)/t20-/m0/s1. The Kier molecular flexibility index (Phi) is 6.18. The van der Waals surface area contributed by atoms with Crippen LogP contribution in [0.15, 0.2) is 41.5 Å². The molecule has 202 valence electrons. The Bertz CT molecular complexity index is 1680. The highest BCUT2D eigenvalue weighted by atomic mass is 35.5. The summed E-state index contributed by atoms with van der Waals surface area (Å²) in [5.74, 6) is -4.07. The number of rotatable bonds is 5. The average molecular weight is 578 g/mol. The number of fused-ring (bicyclic) bond motifs is 3. The van der Waals surface area contributed by atoms with Crippen molar-refractivity contribution in [2.24, 2.45) is 13.0 Å². The van der Waals surface area contributed by atoms with E-state index < -0.39 is 30.1 Å². The normalized spacial score (nSPS) is 18.1. The molecule has 9 nitrogen and oxygen atoms in total. The van der Waals surface area contributed by atoms with Gasteiger partial charge in [0.2, 0.25) is 17.6 Å². The van der Waals surface area contributed by atoms with Crippen LogP contribution in [-0.4, -0.2) is 38.1 Å². The number of hydrogen-bond donors (Lipinski definition) is 3. The smallest absolute Gasteiger partial charge is 0.301 e. The summed E-state index contributed by atoms with van der Waals surface area (Å²) in [7, 11) is 1.55. The largest absolute Gasteiger partial charge is 0.480 e. The minimum absolute atomic E-state index is 0.0797. The van der Waals surface area contributed by atoms with Crippen LogP contribution in [0.25, 0.3) is 10.9 Å². The van der Waals surface area contributed by atoms with E-state index in [1.807, 2.05) is 0 Å². The minimum atomic E-state index is -3.15. The fraction of sp³-hybridized carbons (Fsp3) is 0.280. The molecule has 4 aromatic rings. The monoisotopic (exact) mass is 577 g/mol. The average Bonchev–Trinajstić information content (AvgIpc) is 3.75. The number of nitrogens with one attached hydrogen (secondary N) is 3. The lowest BCUT2D eigenvalue weighted by molar-refractivity contribution is -0.0579. The Morgan fingerprint density at radius 2 is 1.97 bits per heavy atom. The van der Waals surface area contributed by atoms with E-state index in [1.165, 1.54) is 23.0 Å². The van der Waals surface area contributed by atoms with Crippen molar-refractivity contribution in [1.82, 2.24) is 19.5 Å². The molecular formula is C25H20Cl2F3N7O2. The molecule has 1 atom stereocenters. The van der Waals surface area contributed by atoms with Crippen molar-refractivity contribution < 1.29 is 17.9 Å². The molecule has 1 saturated carbocycles. The fourth-order valence-corrected chi connectivity index (χ4v) is 4.87. The lowest BCUT2D eigenvalue weighted by Crippen LogP contribution is -2.44. The molecule has 1 fully saturated rings. The van der Waals surface area contributed by atoms with Crippen molar-refractivity contribution in [3.8, 4) is 5.75 Å². The molecule has 2 aliphatic rings. The third kappa shape index (κ3) is 4.67. The third-order valence-corrected chi connectivity index (χ3v) is 7.35. The molecule has 1 aromatic carbocycles. The van der Waals surface area contributed by atoms with Crippen LogP contribution >= 0.6 is 23.2 Å². The van der Waals surface area contributed by atoms with Gasteiger partial charge in [0.1, 0.15) is 10.0 Å². The van der Waals surface area contributed by atoms with Crippen LogP contribution in [0, 0.1) is 11.9 Å². The van der Waals surface area contributed by atoms with Crippen molar-refractivity contribution in [2.75, 3.05) is 22.6 Å². The second-order valence-electron chi connectivity index (χ2n) is 9.41. The lowest BCUT2D eigenvalue weighted by atomic mass is 10.0. The maximum absolute atomic E-state index is 14.9. The Balaban J connectivity index is 1.38. The van der Waals surface area contributed by atoms with Crippen LogP contribution in [0.1, 0.15) is 12.8 Å². The molecule has 0 spiro atoms. The van der Waals surface area contributed by atoms with Crippen molar-refractivity contribution >= 4 is 62.9 Å². The van der Waals surface area contributed by atoms with Gasteiger partial charge in [0.25, 0.3) is 5.56 Å². The van der Waals surface area contributed by atoms with E-state index in [1.54, 1.807) is 25.2 Å². The zero-order chi connectivity index (χ0) is 27.5. The fourth-order valence-electron chi connectivity index (χ4n) is 4.57. The highest BCUT2D eigenvalue weighted by molar-refractivity contribution is 6.33. The predicted molar refractivity (Wildman–Crippen MR) is 143 cm³/mol. The Labute approximate surface area is 229 Å². The summed E-state index contributed by atoms with van der Waals surface area (Å²) in [6.07, 6.45) is 3.95. The molecule has 14 heteroatoms. The van der Waals surface area contributed by atoms with E-state index in [9.17, 15) is 18.0 Å². The zero-order valence-corrected chi connectivity index (χ0v) is 21.7. The number of pyridine rings is 2. The molecule has 0 radical (unpaired) electrons. The molecule has 39 heavy (non-hydrogen) atoms. The van der Waals surface area contributed by atoms with Gasteiger partial charge in [0.05, 0.1) is 29.1 Å². The molecule has 3 aromatic heterocycles. The van der Waals surface area contributed by atoms with E-state index in [0.717, 1.165) is 0 Å². The topological polar surface area (TPSA) is 106 Å². The van der Waals surface area contributed by atoms with Crippen molar-refractivity contribution in [1.29, 1.82) is 0 Å². The Hall–Kier alpha value is -3.77. The van der Waals surface area contributed by atoms with Gasteiger partial charge in [-0.3, -0.25) is 4.79 Å². The number of anilines is 5. The van der Waals surface area contributed by atoms with Gasteiger partial charge in [-0.15, -0.1) is 0 Å². The van der Waals surface area contributed by atoms with E-state index >= 15 is 0 Å². The summed E-state index contributed by atoms with van der Waals surface area (Å²) < 4.78 is 50.3. The highest BCUT2D eigenvalue weighted by Crippen LogP contribution is 2.45. The van der Waals surface area contributed by atoms with Crippen LogP contribution in [0.2, 0.25) is 10.0 Å². The number of alkyl halides is 2. The van der Waals surface area contributed by atoms with Gasteiger partial charge in [0, 0.05) is 24.3 Å². The summed E-state index contributed by atoms with van der Waals surface area (Å²) in [6, 6.07) is 5.38. The molecule has 3 N–H and O–H groups in total. The summed E-state index contributed by atoms with van der Waals surface area (Å²) in [4.78, 5) is 24.9. The van der Waals surface area contributed by atoms with Gasteiger partial charge in [-0.2, -0.15) is 9.37 Å². The van der Waals surface area contributed by atoms with E-state index in [-0.39, 0.29) is 44.9 Å². The summed E-state index contributed by atoms with van der Waals surface area (Å²) in [6.45, 7) is -0.884. The molecule has 0 unspecified atom stereocenters. The van der Waals surface area contributed by atoms with Gasteiger partial charge in [0.15, 0.2) is 12.4 Å². The molecule has 1 aliphatic carbocycles. The first-order chi connectivity index (χ1) is 18.6. The quantitative estimate of drug-likeness (QED) is 0.253. The number of halogens is 5. The second-order valence-corrected chi connectivity index (χ2v) is 10.2. The van der Waals surface area contributed by atoms with Gasteiger partial charge in [-0.05, 0) is 43.0 Å². The Morgan fingerprint density at radius 3 is 2.74 bits per heavy atom. The maximum atomic E-state index is 14.9. The summed E-state index contributed by atoms with van der Waals surface area (Å²) in [5.41, 5.74) is 0.934. The van der Waals surface area contributed by atoms with Crippen LogP contribution in [0.3, 0.4) is 0 Å². The molecule has 6 rings (SSSR count). The highest BCUT2D eigenvalue weighted by Gasteiger charge is 2.51. The van der Waals surface area contributed by atoms with Crippen LogP contribution in [-0.2, 0) is 7.05 Å². The van der Waals surface area contributed by atoms with Gasteiger partial charge in [-0.25, -0.2) is 18.7 Å². The number of benzene rings is 1. The van der Waals surface area contributed by atoms with Crippen molar-refractivity contribution in [3.05, 3.63) is 63.0 Å². The molecule has 0 bridgehead atoms. The van der Waals surface area contributed by atoms with Crippen molar-refractivity contribution in [2.45, 2.75) is 24.8 Å². The van der Waals surface area contributed by atoms with Crippen LogP contribution in [0.4, 0.5) is 42.0 Å². The van der Waals surface area contributed by atoms with Crippen LogP contribution in [0.5, 0.6) is 5.75 Å². The summed E-state index contributed by atoms with van der Waals surface area (Å²) in [5, 5.41) is 9.31. The van der Waals surface area contributed by atoms with Gasteiger partial charge in [-0.1, -0.05) is 23.2 Å². The second kappa shape index (κ2) is 9.45. The number of ether oxygens (including phenoxy) is 1. The SMILES string of the molecule is Cn1c(=O)c2c(c3cc(Nc4nc(Nc5ccnc(F)c5Cl)ncc4Cl)ccc31)N[C@@H](C1CC1)C(F)(F)CO2. The first-order valence-electron chi connectivity index (χ1n) is 11.9. The molecule has 1 aliphatic heterocycles. The zero-order valence-electron chi connectivity index (χ0n) is 20.2. The van der Waals surface area contributed by atoms with Crippen LogP contribution < -0.4 is 26.2 Å². The van der Waals surface area contributed by atoms with E-state index in [4.69, 9.17) is 27.9 Å². The molecule has 0 amide bonds.